The molecule has 1 atom stereocenters. The van der Waals surface area contributed by atoms with Gasteiger partial charge in [-0.25, -0.2) is 4.39 Å². The third-order valence-corrected chi connectivity index (χ3v) is 2.50. The van der Waals surface area contributed by atoms with Gasteiger partial charge in [-0.1, -0.05) is 0 Å². The van der Waals surface area contributed by atoms with Gasteiger partial charge < -0.3 is 9.73 Å². The highest BCUT2D eigenvalue weighted by atomic mass is 19.1. The average Bonchev–Trinajstić information content (AvgIpc) is 2.85. The lowest BCUT2D eigenvalue weighted by atomic mass is 10.2. The molecule has 1 aromatic heterocycles. The Morgan fingerprint density at radius 3 is 2.83 bits per heavy atom. The number of nitrogens with one attached hydrogen (secondary N) is 1. The third-order valence-electron chi connectivity index (χ3n) is 2.50. The summed E-state index contributed by atoms with van der Waals surface area (Å²) in [4.78, 5) is 10.0. The molecule has 1 aromatic carbocycles. The number of nitro benzene ring substituents is 1. The van der Waals surface area contributed by atoms with E-state index >= 15 is 0 Å². The maximum Gasteiger partial charge on any atom is 0.271 e. The van der Waals surface area contributed by atoms with Crippen molar-refractivity contribution in [2.45, 2.75) is 13.0 Å². The van der Waals surface area contributed by atoms with Gasteiger partial charge in [0.15, 0.2) is 0 Å². The van der Waals surface area contributed by atoms with Gasteiger partial charge in [-0.05, 0) is 25.1 Å². The fraction of sp³-hybridized carbons (Fsp3) is 0.167. The van der Waals surface area contributed by atoms with E-state index in [-0.39, 0.29) is 17.4 Å². The monoisotopic (exact) mass is 250 g/mol. The number of hydrogen-bond acceptors (Lipinski definition) is 4. The lowest BCUT2D eigenvalue weighted by molar-refractivity contribution is -0.384. The van der Waals surface area contributed by atoms with Crippen LogP contribution in [-0.2, 0) is 0 Å². The van der Waals surface area contributed by atoms with E-state index in [1.165, 1.54) is 6.26 Å². The van der Waals surface area contributed by atoms with Crippen molar-refractivity contribution in [3.8, 4) is 0 Å². The molecule has 0 saturated carbocycles. The second-order valence-electron chi connectivity index (χ2n) is 3.80. The Hall–Kier alpha value is -2.37. The van der Waals surface area contributed by atoms with Crippen molar-refractivity contribution >= 4 is 11.4 Å². The Morgan fingerprint density at radius 2 is 2.22 bits per heavy atom. The summed E-state index contributed by atoms with van der Waals surface area (Å²) in [6, 6.07) is 6.53. The van der Waals surface area contributed by atoms with E-state index < -0.39 is 10.7 Å². The van der Waals surface area contributed by atoms with Crippen molar-refractivity contribution < 1.29 is 13.7 Å². The van der Waals surface area contributed by atoms with Gasteiger partial charge in [-0.3, -0.25) is 10.1 Å². The van der Waals surface area contributed by atoms with E-state index in [4.69, 9.17) is 4.42 Å². The summed E-state index contributed by atoms with van der Waals surface area (Å²) in [5.74, 6) is 0.0833. The van der Waals surface area contributed by atoms with Crippen molar-refractivity contribution in [2.24, 2.45) is 0 Å². The number of anilines is 1. The van der Waals surface area contributed by atoms with Crippen LogP contribution in [0.15, 0.2) is 41.0 Å². The molecule has 1 N–H and O–H groups in total. The maximum atomic E-state index is 13.5. The highest BCUT2D eigenvalue weighted by Crippen LogP contribution is 2.25. The summed E-state index contributed by atoms with van der Waals surface area (Å²) in [5.41, 5.74) is -0.0846. The smallest absolute Gasteiger partial charge is 0.271 e. The standard InChI is InChI=1S/C12H11FN2O3/c1-8(12-3-2-6-18-12)14-11-7-9(15(16)17)4-5-10(11)13/h2-8,14H,1H3. The number of furan rings is 1. The van der Waals surface area contributed by atoms with Gasteiger partial charge in [0.25, 0.3) is 5.69 Å². The van der Waals surface area contributed by atoms with E-state index in [1.54, 1.807) is 19.1 Å². The predicted molar refractivity (Wildman–Crippen MR) is 63.8 cm³/mol. The fourth-order valence-electron chi connectivity index (χ4n) is 1.58. The minimum atomic E-state index is -0.567. The van der Waals surface area contributed by atoms with Crippen LogP contribution in [0.1, 0.15) is 18.7 Å². The first-order chi connectivity index (χ1) is 8.58. The van der Waals surface area contributed by atoms with E-state index in [0.717, 1.165) is 18.2 Å². The number of rotatable bonds is 4. The van der Waals surface area contributed by atoms with Crippen LogP contribution in [0.3, 0.4) is 0 Å². The van der Waals surface area contributed by atoms with E-state index in [1.807, 2.05) is 0 Å². The summed E-state index contributed by atoms with van der Waals surface area (Å²) >= 11 is 0. The first kappa shape index (κ1) is 12.1. The van der Waals surface area contributed by atoms with Crippen LogP contribution in [0.25, 0.3) is 0 Å². The van der Waals surface area contributed by atoms with E-state index in [2.05, 4.69) is 5.32 Å². The molecule has 5 nitrogen and oxygen atoms in total. The Labute approximate surface area is 102 Å². The second kappa shape index (κ2) is 4.87. The first-order valence-electron chi connectivity index (χ1n) is 5.32. The fourth-order valence-corrected chi connectivity index (χ4v) is 1.58. The average molecular weight is 250 g/mol. The van der Waals surface area contributed by atoms with Crippen LogP contribution < -0.4 is 5.32 Å². The Kier molecular flexibility index (Phi) is 3.27. The third kappa shape index (κ3) is 2.48. The Morgan fingerprint density at radius 1 is 1.44 bits per heavy atom. The van der Waals surface area contributed by atoms with Crippen molar-refractivity contribution in [3.63, 3.8) is 0 Å². The number of halogens is 1. The molecular weight excluding hydrogens is 239 g/mol. The number of benzene rings is 1. The number of hydrogen-bond donors (Lipinski definition) is 1. The summed E-state index contributed by atoms with van der Waals surface area (Å²) in [5, 5.41) is 13.5. The molecule has 0 amide bonds. The number of non-ortho nitro benzene ring substituents is 1. The molecule has 94 valence electrons. The lowest BCUT2D eigenvalue weighted by Gasteiger charge is -2.13. The molecule has 2 rings (SSSR count). The lowest BCUT2D eigenvalue weighted by Crippen LogP contribution is -2.07. The number of nitrogens with zero attached hydrogens (tertiary/aromatic N) is 1. The molecule has 0 saturated heterocycles. The maximum absolute atomic E-state index is 13.5. The van der Waals surface area contributed by atoms with Gasteiger partial charge in [0.2, 0.25) is 0 Å². The van der Waals surface area contributed by atoms with Crippen molar-refractivity contribution in [3.05, 3.63) is 58.3 Å². The van der Waals surface area contributed by atoms with Crippen LogP contribution in [-0.4, -0.2) is 4.92 Å². The van der Waals surface area contributed by atoms with Gasteiger partial charge in [0, 0.05) is 12.1 Å². The molecule has 18 heavy (non-hydrogen) atoms. The van der Waals surface area contributed by atoms with Crippen LogP contribution in [0.2, 0.25) is 0 Å². The van der Waals surface area contributed by atoms with Gasteiger partial charge in [-0.15, -0.1) is 0 Å². The molecule has 0 fully saturated rings. The minimum Gasteiger partial charge on any atom is -0.467 e. The van der Waals surface area contributed by atoms with Crippen molar-refractivity contribution in [1.82, 2.24) is 0 Å². The van der Waals surface area contributed by atoms with Crippen LogP contribution in [0.5, 0.6) is 0 Å². The molecule has 0 spiro atoms. The molecule has 0 aliphatic heterocycles. The molecule has 1 heterocycles. The van der Waals surface area contributed by atoms with Gasteiger partial charge in [-0.2, -0.15) is 0 Å². The normalized spacial score (nSPS) is 12.1. The van der Waals surface area contributed by atoms with Crippen LogP contribution >= 0.6 is 0 Å². The zero-order valence-corrected chi connectivity index (χ0v) is 9.59. The quantitative estimate of drug-likeness (QED) is 0.666. The number of nitro groups is 1. The van der Waals surface area contributed by atoms with Crippen molar-refractivity contribution in [2.75, 3.05) is 5.32 Å². The molecule has 0 radical (unpaired) electrons. The molecular formula is C12H11FN2O3. The Balaban J connectivity index is 2.23. The summed E-state index contributed by atoms with van der Waals surface area (Å²) < 4.78 is 18.7. The topological polar surface area (TPSA) is 68.3 Å². The summed E-state index contributed by atoms with van der Waals surface area (Å²) in [7, 11) is 0. The van der Waals surface area contributed by atoms with Gasteiger partial charge >= 0.3 is 0 Å². The first-order valence-corrected chi connectivity index (χ1v) is 5.32. The zero-order valence-electron chi connectivity index (χ0n) is 9.59. The largest absolute Gasteiger partial charge is 0.467 e. The highest BCUT2D eigenvalue weighted by Gasteiger charge is 2.14. The minimum absolute atomic E-state index is 0.0769. The van der Waals surface area contributed by atoms with E-state index in [0.29, 0.717) is 5.76 Å². The molecule has 2 aromatic rings. The summed E-state index contributed by atoms with van der Waals surface area (Å²) in [6.45, 7) is 1.77. The van der Waals surface area contributed by atoms with Crippen LogP contribution in [0, 0.1) is 15.9 Å². The van der Waals surface area contributed by atoms with Crippen molar-refractivity contribution in [1.29, 1.82) is 0 Å². The van der Waals surface area contributed by atoms with E-state index in [9.17, 15) is 14.5 Å². The van der Waals surface area contributed by atoms with Gasteiger partial charge in [0.1, 0.15) is 11.6 Å². The van der Waals surface area contributed by atoms with Gasteiger partial charge in [0.05, 0.1) is 22.9 Å². The molecule has 0 aliphatic carbocycles. The second-order valence-corrected chi connectivity index (χ2v) is 3.80. The highest BCUT2D eigenvalue weighted by molar-refractivity contribution is 5.53. The zero-order chi connectivity index (χ0) is 13.1. The van der Waals surface area contributed by atoms with Crippen LogP contribution in [0.4, 0.5) is 15.8 Å². The predicted octanol–water partition coefficient (Wildman–Crippen LogP) is 3.50. The Bertz CT molecular complexity index is 554. The summed E-state index contributed by atoms with van der Waals surface area (Å²) in [6.07, 6.45) is 1.51. The molecule has 0 aliphatic rings. The SMILES string of the molecule is CC(Nc1cc([N+](=O)[O-])ccc1F)c1ccco1. The molecule has 0 bridgehead atoms. The molecule has 6 heteroatoms. The molecule has 1 unspecified atom stereocenters.